The van der Waals surface area contributed by atoms with Crippen LogP contribution in [-0.2, 0) is 0 Å². The minimum Gasteiger partial charge on any atom is -0.502 e. The van der Waals surface area contributed by atoms with Gasteiger partial charge in [0, 0.05) is 24.4 Å². The zero-order chi connectivity index (χ0) is 22.8. The summed E-state index contributed by atoms with van der Waals surface area (Å²) in [6, 6.07) is 18.8. The summed E-state index contributed by atoms with van der Waals surface area (Å²) in [7, 11) is 0. The lowest BCUT2D eigenvalue weighted by molar-refractivity contribution is 0.0683. The molecule has 1 amide bonds. The fourth-order valence-corrected chi connectivity index (χ4v) is 4.45. The van der Waals surface area contributed by atoms with Crippen molar-refractivity contribution in [3.05, 3.63) is 106 Å². The van der Waals surface area contributed by atoms with Crippen molar-refractivity contribution in [3.63, 3.8) is 0 Å². The maximum absolute atomic E-state index is 13.3. The number of benzene rings is 2. The molecule has 0 saturated heterocycles. The van der Waals surface area contributed by atoms with Gasteiger partial charge in [0.05, 0.1) is 6.61 Å². The van der Waals surface area contributed by atoms with E-state index in [4.69, 9.17) is 4.74 Å². The number of carbonyl (C=O) groups is 1. The van der Waals surface area contributed by atoms with Crippen LogP contribution in [0.5, 0.6) is 11.5 Å². The molecule has 33 heavy (non-hydrogen) atoms. The fourth-order valence-electron chi connectivity index (χ4n) is 4.45. The van der Waals surface area contributed by atoms with E-state index in [2.05, 4.69) is 6.08 Å². The van der Waals surface area contributed by atoms with Crippen LogP contribution in [0.15, 0.2) is 83.8 Å². The van der Waals surface area contributed by atoms with E-state index in [1.54, 1.807) is 15.8 Å². The van der Waals surface area contributed by atoms with Gasteiger partial charge in [-0.25, -0.2) is 0 Å². The number of rotatable bonds is 1. The summed E-state index contributed by atoms with van der Waals surface area (Å²) in [4.78, 5) is 27.2. The molecule has 0 fully saturated rings. The van der Waals surface area contributed by atoms with Crippen molar-refractivity contribution in [3.8, 4) is 11.5 Å². The first-order chi connectivity index (χ1) is 16.1. The molecule has 0 aliphatic carbocycles. The summed E-state index contributed by atoms with van der Waals surface area (Å²) in [6.07, 6.45) is 7.07. The van der Waals surface area contributed by atoms with Crippen molar-refractivity contribution in [2.45, 2.75) is 18.9 Å². The summed E-state index contributed by atoms with van der Waals surface area (Å²) in [6.45, 7) is 1.30. The molecular weight excluding hydrogens is 418 g/mol. The average Bonchev–Trinajstić information content (AvgIpc) is 2.85. The third-order valence-corrected chi connectivity index (χ3v) is 6.04. The molecule has 3 heterocycles. The van der Waals surface area contributed by atoms with Gasteiger partial charge in [0.1, 0.15) is 18.5 Å². The Bertz CT molecular complexity index is 1250. The van der Waals surface area contributed by atoms with Crippen LogP contribution in [-0.4, -0.2) is 40.4 Å². The number of fused-ring (bicyclic) bond motifs is 5. The normalized spacial score (nSPS) is 19.3. The molecule has 2 bridgehead atoms. The molecule has 2 aliphatic heterocycles. The molecule has 0 radical (unpaired) electrons. The highest BCUT2D eigenvalue weighted by atomic mass is 16.5. The Labute approximate surface area is 191 Å². The number of para-hydroxylation sites is 1. The molecular formula is C26H25N3O4. The molecule has 7 heteroatoms. The smallest absolute Gasteiger partial charge is 0.277 e. The Hall–Kier alpha value is -4.00. The van der Waals surface area contributed by atoms with Crippen LogP contribution in [0.3, 0.4) is 0 Å². The predicted molar refractivity (Wildman–Crippen MR) is 125 cm³/mol. The van der Waals surface area contributed by atoms with Crippen LogP contribution in [0.25, 0.3) is 0 Å². The second-order valence-electron chi connectivity index (χ2n) is 8.12. The summed E-state index contributed by atoms with van der Waals surface area (Å²) >= 11 is 0. The molecule has 168 valence electrons. The van der Waals surface area contributed by atoms with Crippen LogP contribution in [0.1, 0.15) is 40.5 Å². The van der Waals surface area contributed by atoms with Crippen LogP contribution in [0, 0.1) is 0 Å². The molecule has 3 aromatic rings. The van der Waals surface area contributed by atoms with Gasteiger partial charge in [-0.2, -0.15) is 0 Å². The van der Waals surface area contributed by atoms with E-state index in [0.717, 1.165) is 23.3 Å². The first-order valence-electron chi connectivity index (χ1n) is 11.1. The lowest BCUT2D eigenvalue weighted by atomic mass is 9.97. The van der Waals surface area contributed by atoms with Crippen molar-refractivity contribution >= 4 is 5.91 Å². The Morgan fingerprint density at radius 2 is 1.67 bits per heavy atom. The van der Waals surface area contributed by atoms with Gasteiger partial charge in [0.15, 0.2) is 11.4 Å². The van der Waals surface area contributed by atoms with Gasteiger partial charge in [-0.3, -0.25) is 19.3 Å². The number of hydrogen-bond acceptors (Lipinski definition) is 5. The molecule has 0 saturated carbocycles. The zero-order valence-corrected chi connectivity index (χ0v) is 18.1. The average molecular weight is 444 g/mol. The Kier molecular flexibility index (Phi) is 5.60. The quantitative estimate of drug-likeness (QED) is 0.584. The summed E-state index contributed by atoms with van der Waals surface area (Å²) < 4.78 is 7.79. The van der Waals surface area contributed by atoms with E-state index in [1.807, 2.05) is 65.7 Å². The lowest BCUT2D eigenvalue weighted by Gasteiger charge is -2.44. The van der Waals surface area contributed by atoms with E-state index >= 15 is 0 Å². The summed E-state index contributed by atoms with van der Waals surface area (Å²) in [5.74, 6) is -0.135. The Morgan fingerprint density at radius 3 is 2.52 bits per heavy atom. The summed E-state index contributed by atoms with van der Waals surface area (Å²) in [5, 5.41) is 12.6. The SMILES string of the molecule is O=C1c2c(O)c(=O)ccn2N2CN1CC/C=C\CCOc1ccccc1[C@@H]2c1ccccc1. The lowest BCUT2D eigenvalue weighted by Crippen LogP contribution is -2.55. The van der Waals surface area contributed by atoms with Crippen molar-refractivity contribution in [1.29, 1.82) is 0 Å². The second kappa shape index (κ2) is 8.86. The standard InChI is InChI=1S/C26H25N3O4/c30-21-14-16-28-24(25(21)31)26(32)27-15-8-1-2-9-17-33-22-13-7-6-12-20(22)23(29(28)18-27)19-10-4-3-5-11-19/h1-7,10-14,16,23,31H,8-9,15,17-18H2/b2-1-/t23-/m0/s1. The van der Waals surface area contributed by atoms with Gasteiger partial charge in [-0.1, -0.05) is 60.7 Å². The topological polar surface area (TPSA) is 75.0 Å². The second-order valence-corrected chi connectivity index (χ2v) is 8.12. The molecule has 0 unspecified atom stereocenters. The number of aromatic hydroxyl groups is 1. The maximum Gasteiger partial charge on any atom is 0.277 e. The van der Waals surface area contributed by atoms with Crippen LogP contribution >= 0.6 is 0 Å². The fraction of sp³-hybridized carbons (Fsp3) is 0.231. The van der Waals surface area contributed by atoms with E-state index in [0.29, 0.717) is 19.6 Å². The number of hydrogen-bond donors (Lipinski definition) is 1. The van der Waals surface area contributed by atoms with Crippen molar-refractivity contribution < 1.29 is 14.6 Å². The largest absolute Gasteiger partial charge is 0.502 e. The molecule has 7 nitrogen and oxygen atoms in total. The third kappa shape index (κ3) is 3.86. The molecule has 1 aromatic heterocycles. The molecule has 2 aliphatic rings. The van der Waals surface area contributed by atoms with E-state index in [1.165, 1.54) is 6.07 Å². The highest BCUT2D eigenvalue weighted by molar-refractivity contribution is 5.96. The number of nitrogens with zero attached hydrogens (tertiary/aromatic N) is 3. The highest BCUT2D eigenvalue weighted by Gasteiger charge is 2.37. The van der Waals surface area contributed by atoms with Gasteiger partial charge in [-0.05, 0) is 24.5 Å². The van der Waals surface area contributed by atoms with Crippen molar-refractivity contribution in [2.75, 3.05) is 24.8 Å². The number of ether oxygens (including phenoxy) is 1. The van der Waals surface area contributed by atoms with Gasteiger partial charge in [0.25, 0.3) is 5.91 Å². The van der Waals surface area contributed by atoms with Gasteiger partial charge in [-0.15, -0.1) is 0 Å². The van der Waals surface area contributed by atoms with Gasteiger partial charge >= 0.3 is 0 Å². The van der Waals surface area contributed by atoms with E-state index in [-0.39, 0.29) is 24.3 Å². The molecule has 1 atom stereocenters. The predicted octanol–water partition coefficient (Wildman–Crippen LogP) is 3.42. The molecule has 5 rings (SSSR count). The van der Waals surface area contributed by atoms with E-state index < -0.39 is 11.2 Å². The van der Waals surface area contributed by atoms with Gasteiger partial charge in [0.2, 0.25) is 5.43 Å². The number of amides is 1. The minimum atomic E-state index is -0.575. The third-order valence-electron chi connectivity index (χ3n) is 6.04. The maximum atomic E-state index is 13.3. The van der Waals surface area contributed by atoms with E-state index in [9.17, 15) is 14.7 Å². The number of aromatic nitrogens is 1. The highest BCUT2D eigenvalue weighted by Crippen LogP contribution is 2.36. The zero-order valence-electron chi connectivity index (χ0n) is 18.1. The summed E-state index contributed by atoms with van der Waals surface area (Å²) in [5.41, 5.74) is 1.34. The molecule has 1 N–H and O–H groups in total. The Morgan fingerprint density at radius 1 is 0.909 bits per heavy atom. The van der Waals surface area contributed by atoms with Crippen molar-refractivity contribution in [2.24, 2.45) is 0 Å². The monoisotopic (exact) mass is 443 g/mol. The minimum absolute atomic E-state index is 0.0214. The first kappa shape index (κ1) is 20.9. The first-order valence-corrected chi connectivity index (χ1v) is 11.1. The molecule has 0 spiro atoms. The molecule has 2 aromatic carbocycles. The number of carbonyl (C=O) groups excluding carboxylic acids is 1. The van der Waals surface area contributed by atoms with Gasteiger partial charge < -0.3 is 14.7 Å². The van der Waals surface area contributed by atoms with Crippen LogP contribution < -0.4 is 15.2 Å². The van der Waals surface area contributed by atoms with Crippen LogP contribution in [0.4, 0.5) is 0 Å². The number of pyridine rings is 1. The Balaban J connectivity index is 1.76. The van der Waals surface area contributed by atoms with Crippen LogP contribution in [0.2, 0.25) is 0 Å². The van der Waals surface area contributed by atoms with Crippen molar-refractivity contribution in [1.82, 2.24) is 9.58 Å².